The molecule has 1 aromatic carbocycles. The van der Waals surface area contributed by atoms with Gasteiger partial charge in [-0.1, -0.05) is 12.1 Å². The minimum atomic E-state index is -0.271. The number of amides is 3. The molecule has 24 heavy (non-hydrogen) atoms. The monoisotopic (exact) mass is 445 g/mol. The average molecular weight is 445 g/mol. The van der Waals surface area contributed by atoms with Crippen molar-refractivity contribution < 1.29 is 14.4 Å². The van der Waals surface area contributed by atoms with Crippen molar-refractivity contribution in [3.63, 3.8) is 0 Å². The maximum absolute atomic E-state index is 12.0. The maximum Gasteiger partial charge on any atom is 0.252 e. The Morgan fingerprint density at radius 3 is 2.38 bits per heavy atom. The number of halogens is 1. The first-order valence-electron chi connectivity index (χ1n) is 8.06. The van der Waals surface area contributed by atoms with Crippen LogP contribution in [-0.2, 0) is 9.59 Å². The Labute approximate surface area is 156 Å². The van der Waals surface area contributed by atoms with Gasteiger partial charge >= 0.3 is 0 Å². The van der Waals surface area contributed by atoms with Gasteiger partial charge < -0.3 is 15.5 Å². The standard InChI is InChI=1S/C17H24IN3O3/c1-3-21(4-2)16(23)10-7-11-19-15(22)12-20-17(24)13-8-5-6-9-14(13)18/h5-6,8-9H,3-4,7,10-12H2,1-2H3,(H,19,22)(H,20,24). The maximum atomic E-state index is 12.0. The van der Waals surface area contributed by atoms with Gasteiger partial charge in [-0.3, -0.25) is 14.4 Å². The lowest BCUT2D eigenvalue weighted by molar-refractivity contribution is -0.131. The molecule has 0 heterocycles. The van der Waals surface area contributed by atoms with E-state index in [2.05, 4.69) is 33.2 Å². The van der Waals surface area contributed by atoms with Crippen LogP contribution in [0.1, 0.15) is 37.0 Å². The molecule has 0 bridgehead atoms. The summed E-state index contributed by atoms with van der Waals surface area (Å²) in [6.45, 7) is 5.63. The lowest BCUT2D eigenvalue weighted by Gasteiger charge is -2.18. The van der Waals surface area contributed by atoms with Gasteiger partial charge in [-0.25, -0.2) is 0 Å². The van der Waals surface area contributed by atoms with Crippen molar-refractivity contribution in [3.8, 4) is 0 Å². The Kier molecular flexibility index (Phi) is 9.36. The highest BCUT2D eigenvalue weighted by molar-refractivity contribution is 14.1. The van der Waals surface area contributed by atoms with Gasteiger partial charge in [-0.15, -0.1) is 0 Å². The van der Waals surface area contributed by atoms with E-state index in [1.807, 2.05) is 26.0 Å². The highest BCUT2D eigenvalue weighted by Crippen LogP contribution is 2.10. The number of hydrogen-bond donors (Lipinski definition) is 2. The number of carbonyl (C=O) groups excluding carboxylic acids is 3. The summed E-state index contributed by atoms with van der Waals surface area (Å²) in [7, 11) is 0. The molecule has 0 unspecified atom stereocenters. The molecule has 0 saturated heterocycles. The van der Waals surface area contributed by atoms with E-state index in [1.54, 1.807) is 17.0 Å². The predicted molar refractivity (Wildman–Crippen MR) is 102 cm³/mol. The van der Waals surface area contributed by atoms with Crippen LogP contribution in [0.5, 0.6) is 0 Å². The van der Waals surface area contributed by atoms with Crippen molar-refractivity contribution >= 4 is 40.3 Å². The Morgan fingerprint density at radius 2 is 1.75 bits per heavy atom. The predicted octanol–water partition coefficient (Wildman–Crippen LogP) is 1.79. The summed E-state index contributed by atoms with van der Waals surface area (Å²) in [6.07, 6.45) is 1.00. The SMILES string of the molecule is CCN(CC)C(=O)CCCNC(=O)CNC(=O)c1ccccc1I. The molecule has 0 aliphatic heterocycles. The van der Waals surface area contributed by atoms with E-state index in [-0.39, 0.29) is 24.3 Å². The molecule has 0 fully saturated rings. The molecule has 0 spiro atoms. The molecule has 1 rings (SSSR count). The second kappa shape index (κ2) is 11.0. The van der Waals surface area contributed by atoms with Crippen LogP contribution in [0.3, 0.4) is 0 Å². The van der Waals surface area contributed by atoms with Crippen LogP contribution in [0.25, 0.3) is 0 Å². The highest BCUT2D eigenvalue weighted by atomic mass is 127. The third kappa shape index (κ3) is 6.86. The topological polar surface area (TPSA) is 78.5 Å². The van der Waals surface area contributed by atoms with Crippen LogP contribution in [0.15, 0.2) is 24.3 Å². The average Bonchev–Trinajstić information content (AvgIpc) is 2.58. The molecule has 1 aromatic rings. The van der Waals surface area contributed by atoms with Crippen molar-refractivity contribution in [2.45, 2.75) is 26.7 Å². The second-order valence-corrected chi connectivity index (χ2v) is 6.34. The summed E-state index contributed by atoms with van der Waals surface area (Å²) in [6, 6.07) is 7.19. The van der Waals surface area contributed by atoms with Crippen LogP contribution in [-0.4, -0.2) is 48.8 Å². The first-order chi connectivity index (χ1) is 11.5. The first-order valence-corrected chi connectivity index (χ1v) is 9.14. The number of hydrogen-bond acceptors (Lipinski definition) is 3. The molecule has 0 saturated carbocycles. The second-order valence-electron chi connectivity index (χ2n) is 5.18. The quantitative estimate of drug-likeness (QED) is 0.450. The molecule has 0 atom stereocenters. The smallest absolute Gasteiger partial charge is 0.252 e. The molecule has 7 heteroatoms. The minimum absolute atomic E-state index is 0.0756. The fourth-order valence-electron chi connectivity index (χ4n) is 2.17. The van der Waals surface area contributed by atoms with Gasteiger partial charge in [0, 0.05) is 29.6 Å². The summed E-state index contributed by atoms with van der Waals surface area (Å²) >= 11 is 2.08. The molecular weight excluding hydrogens is 421 g/mol. The molecular formula is C17H24IN3O3. The summed E-state index contributed by atoms with van der Waals surface area (Å²) in [5, 5.41) is 5.30. The summed E-state index contributed by atoms with van der Waals surface area (Å²) in [5.74, 6) is -0.433. The van der Waals surface area contributed by atoms with Crippen molar-refractivity contribution in [2.75, 3.05) is 26.2 Å². The van der Waals surface area contributed by atoms with Crippen LogP contribution in [0.2, 0.25) is 0 Å². The van der Waals surface area contributed by atoms with Gasteiger partial charge in [0.2, 0.25) is 11.8 Å². The third-order valence-electron chi connectivity index (χ3n) is 3.53. The Balaban J connectivity index is 2.24. The number of nitrogens with zero attached hydrogens (tertiary/aromatic N) is 1. The minimum Gasteiger partial charge on any atom is -0.355 e. The number of nitrogens with one attached hydrogen (secondary N) is 2. The molecule has 132 valence electrons. The fraction of sp³-hybridized carbons (Fsp3) is 0.471. The van der Waals surface area contributed by atoms with E-state index in [0.29, 0.717) is 38.0 Å². The van der Waals surface area contributed by atoms with Gasteiger partial charge in [0.25, 0.3) is 5.91 Å². The third-order valence-corrected chi connectivity index (χ3v) is 4.47. The summed E-state index contributed by atoms with van der Waals surface area (Å²) in [5.41, 5.74) is 0.552. The van der Waals surface area contributed by atoms with E-state index in [9.17, 15) is 14.4 Å². The van der Waals surface area contributed by atoms with E-state index in [4.69, 9.17) is 0 Å². The molecule has 0 radical (unpaired) electrons. The summed E-state index contributed by atoms with van der Waals surface area (Å²) < 4.78 is 0.836. The lowest BCUT2D eigenvalue weighted by Crippen LogP contribution is -2.38. The molecule has 0 aliphatic carbocycles. The number of carbonyl (C=O) groups is 3. The molecule has 2 N–H and O–H groups in total. The molecule has 6 nitrogen and oxygen atoms in total. The normalized spacial score (nSPS) is 10.1. The largest absolute Gasteiger partial charge is 0.355 e. The highest BCUT2D eigenvalue weighted by Gasteiger charge is 2.11. The van der Waals surface area contributed by atoms with E-state index < -0.39 is 0 Å². The van der Waals surface area contributed by atoms with Crippen LogP contribution in [0.4, 0.5) is 0 Å². The first kappa shape index (κ1) is 20.4. The van der Waals surface area contributed by atoms with Crippen molar-refractivity contribution in [1.29, 1.82) is 0 Å². The van der Waals surface area contributed by atoms with Crippen LogP contribution >= 0.6 is 22.6 Å². The van der Waals surface area contributed by atoms with Crippen LogP contribution < -0.4 is 10.6 Å². The zero-order valence-electron chi connectivity index (χ0n) is 14.1. The zero-order chi connectivity index (χ0) is 17.9. The Morgan fingerprint density at radius 1 is 1.08 bits per heavy atom. The van der Waals surface area contributed by atoms with Gasteiger partial charge in [0.1, 0.15) is 0 Å². The van der Waals surface area contributed by atoms with Gasteiger partial charge in [-0.05, 0) is 55.0 Å². The number of benzene rings is 1. The number of rotatable bonds is 9. The van der Waals surface area contributed by atoms with E-state index in [0.717, 1.165) is 3.57 Å². The lowest BCUT2D eigenvalue weighted by atomic mass is 10.2. The van der Waals surface area contributed by atoms with Crippen LogP contribution in [0, 0.1) is 3.57 Å². The summed E-state index contributed by atoms with van der Waals surface area (Å²) in [4.78, 5) is 37.3. The van der Waals surface area contributed by atoms with Gasteiger partial charge in [0.05, 0.1) is 12.1 Å². The fourth-order valence-corrected chi connectivity index (χ4v) is 2.80. The van der Waals surface area contributed by atoms with Crippen molar-refractivity contribution in [2.24, 2.45) is 0 Å². The Bertz CT molecular complexity index is 574. The van der Waals surface area contributed by atoms with Crippen molar-refractivity contribution in [1.82, 2.24) is 15.5 Å². The van der Waals surface area contributed by atoms with Gasteiger partial charge in [0.15, 0.2) is 0 Å². The van der Waals surface area contributed by atoms with E-state index in [1.165, 1.54) is 0 Å². The Hall–Kier alpha value is -1.64. The molecule has 3 amide bonds. The van der Waals surface area contributed by atoms with Crippen molar-refractivity contribution in [3.05, 3.63) is 33.4 Å². The zero-order valence-corrected chi connectivity index (χ0v) is 16.3. The van der Waals surface area contributed by atoms with Gasteiger partial charge in [-0.2, -0.15) is 0 Å². The molecule has 0 aromatic heterocycles. The van der Waals surface area contributed by atoms with E-state index >= 15 is 0 Å². The molecule has 0 aliphatic rings.